The summed E-state index contributed by atoms with van der Waals surface area (Å²) in [7, 11) is 0. The third-order valence-electron chi connectivity index (χ3n) is 6.49. The molecule has 2 amide bonds. The van der Waals surface area contributed by atoms with Gasteiger partial charge in [0.15, 0.2) is 0 Å². The zero-order valence-electron chi connectivity index (χ0n) is 19.0. The number of pyridine rings is 1. The number of amides is 2. The van der Waals surface area contributed by atoms with Crippen LogP contribution in [0.15, 0.2) is 42.6 Å². The lowest BCUT2D eigenvalue weighted by Gasteiger charge is -2.33. The van der Waals surface area contributed by atoms with E-state index >= 15 is 0 Å². The molecule has 0 atom stereocenters. The Morgan fingerprint density at radius 2 is 1.77 bits per heavy atom. The minimum absolute atomic E-state index is 0.0000535. The van der Waals surface area contributed by atoms with Crippen LogP contribution in [0, 0.1) is 5.92 Å². The van der Waals surface area contributed by atoms with Crippen LogP contribution in [-0.2, 0) is 9.59 Å². The summed E-state index contributed by atoms with van der Waals surface area (Å²) in [6.45, 7) is 0.616. The molecule has 0 unspecified atom stereocenters. The lowest BCUT2D eigenvalue weighted by molar-refractivity contribution is -0.162. The van der Waals surface area contributed by atoms with Crippen molar-refractivity contribution in [3.63, 3.8) is 0 Å². The van der Waals surface area contributed by atoms with Crippen molar-refractivity contribution in [3.8, 4) is 11.1 Å². The molecule has 184 valence electrons. The number of nitrogens with one attached hydrogen (secondary N) is 3. The van der Waals surface area contributed by atoms with Gasteiger partial charge in [0, 0.05) is 42.3 Å². The highest BCUT2D eigenvalue weighted by molar-refractivity contribution is 5.99. The Morgan fingerprint density at radius 1 is 1.06 bits per heavy atom. The minimum Gasteiger partial charge on any atom is -0.382 e. The monoisotopic (exact) mass is 485 g/mol. The lowest BCUT2D eigenvalue weighted by atomic mass is 10.0. The fourth-order valence-corrected chi connectivity index (χ4v) is 4.45. The number of carbonyl (C=O) groups is 2. The number of aromatic amines is 1. The number of alkyl halides is 3. The summed E-state index contributed by atoms with van der Waals surface area (Å²) in [5.74, 6) is -0.262. The Balaban J connectivity index is 1.24. The van der Waals surface area contributed by atoms with Gasteiger partial charge < -0.3 is 20.5 Å². The molecule has 1 aromatic carbocycles. The highest BCUT2D eigenvalue weighted by Crippen LogP contribution is 2.33. The van der Waals surface area contributed by atoms with Crippen LogP contribution in [0.1, 0.15) is 32.1 Å². The van der Waals surface area contributed by atoms with Gasteiger partial charge in [0.1, 0.15) is 17.9 Å². The molecule has 2 fully saturated rings. The number of benzene rings is 1. The second-order valence-corrected chi connectivity index (χ2v) is 9.23. The van der Waals surface area contributed by atoms with E-state index in [1.165, 1.54) is 4.90 Å². The summed E-state index contributed by atoms with van der Waals surface area (Å²) in [6.07, 6.45) is -1.05. The molecule has 1 saturated carbocycles. The fraction of sp³-hybridized carbons (Fsp3) is 0.400. The molecule has 3 N–H and O–H groups in total. The van der Waals surface area contributed by atoms with Crippen LogP contribution < -0.4 is 10.6 Å². The number of fused-ring (bicyclic) bond motifs is 1. The van der Waals surface area contributed by atoms with E-state index in [9.17, 15) is 22.8 Å². The number of likely N-dealkylation sites (tertiary alicyclic amines) is 1. The first kappa shape index (κ1) is 23.2. The van der Waals surface area contributed by atoms with Gasteiger partial charge in [-0.1, -0.05) is 12.1 Å². The number of piperidine rings is 1. The zero-order valence-corrected chi connectivity index (χ0v) is 19.0. The molecule has 1 aliphatic heterocycles. The van der Waals surface area contributed by atoms with Gasteiger partial charge in [-0.25, -0.2) is 4.98 Å². The summed E-state index contributed by atoms with van der Waals surface area (Å²) in [5.41, 5.74) is 3.51. The van der Waals surface area contributed by atoms with Gasteiger partial charge in [-0.3, -0.25) is 9.59 Å². The zero-order chi connectivity index (χ0) is 24.6. The predicted octanol–water partition coefficient (Wildman–Crippen LogP) is 4.93. The summed E-state index contributed by atoms with van der Waals surface area (Å²) in [5, 5.41) is 7.28. The molecule has 3 aromatic rings. The van der Waals surface area contributed by atoms with Crippen molar-refractivity contribution in [1.82, 2.24) is 14.9 Å². The van der Waals surface area contributed by atoms with E-state index in [2.05, 4.69) is 20.6 Å². The van der Waals surface area contributed by atoms with E-state index in [1.807, 2.05) is 42.6 Å². The average molecular weight is 486 g/mol. The SMILES string of the molecule is O=C(Nc1cc(-c2ccc(NC3CCN(C(=O)CC(F)(F)F)CC3)cc2)c2cc[nH]c2n1)C1CC1. The molecule has 3 heterocycles. The number of hydrogen-bond donors (Lipinski definition) is 3. The van der Waals surface area contributed by atoms with E-state index in [4.69, 9.17) is 0 Å². The van der Waals surface area contributed by atoms with Crippen LogP contribution in [0.25, 0.3) is 22.2 Å². The number of H-pyrrole nitrogens is 1. The maximum atomic E-state index is 12.5. The molecule has 5 rings (SSSR count). The van der Waals surface area contributed by atoms with Crippen LogP contribution in [0.2, 0.25) is 0 Å². The van der Waals surface area contributed by atoms with Crippen LogP contribution in [0.4, 0.5) is 24.7 Å². The van der Waals surface area contributed by atoms with Crippen LogP contribution in [0.3, 0.4) is 0 Å². The largest absolute Gasteiger partial charge is 0.397 e. The average Bonchev–Trinajstić information content (AvgIpc) is 3.56. The van der Waals surface area contributed by atoms with Crippen molar-refractivity contribution < 1.29 is 22.8 Å². The van der Waals surface area contributed by atoms with E-state index in [1.54, 1.807) is 0 Å². The molecule has 10 heteroatoms. The molecule has 0 radical (unpaired) electrons. The maximum absolute atomic E-state index is 12.5. The smallest absolute Gasteiger partial charge is 0.382 e. The Hall–Kier alpha value is -3.56. The van der Waals surface area contributed by atoms with Gasteiger partial charge in [-0.05, 0) is 61.1 Å². The van der Waals surface area contributed by atoms with Gasteiger partial charge in [0.05, 0.1) is 0 Å². The molecule has 0 spiro atoms. The van der Waals surface area contributed by atoms with E-state index < -0.39 is 18.5 Å². The molecule has 35 heavy (non-hydrogen) atoms. The van der Waals surface area contributed by atoms with Gasteiger partial charge in [-0.15, -0.1) is 0 Å². The van der Waals surface area contributed by atoms with Gasteiger partial charge in [0.2, 0.25) is 11.8 Å². The van der Waals surface area contributed by atoms with Crippen LogP contribution >= 0.6 is 0 Å². The topological polar surface area (TPSA) is 90.1 Å². The molecule has 1 saturated heterocycles. The number of anilines is 2. The van der Waals surface area contributed by atoms with Crippen molar-refractivity contribution in [1.29, 1.82) is 0 Å². The first-order valence-electron chi connectivity index (χ1n) is 11.8. The quantitative estimate of drug-likeness (QED) is 0.462. The van der Waals surface area contributed by atoms with Crippen molar-refractivity contribution in [2.24, 2.45) is 5.92 Å². The number of rotatable bonds is 6. The van der Waals surface area contributed by atoms with Gasteiger partial charge >= 0.3 is 6.18 Å². The van der Waals surface area contributed by atoms with Crippen molar-refractivity contribution in [3.05, 3.63) is 42.6 Å². The first-order chi connectivity index (χ1) is 16.7. The Kier molecular flexibility index (Phi) is 6.12. The van der Waals surface area contributed by atoms with E-state index in [0.29, 0.717) is 37.4 Å². The Bertz CT molecular complexity index is 1230. The number of hydrogen-bond acceptors (Lipinski definition) is 4. The number of nitrogens with zero attached hydrogens (tertiary/aromatic N) is 2. The second kappa shape index (κ2) is 9.24. The highest BCUT2D eigenvalue weighted by Gasteiger charge is 2.34. The fourth-order valence-electron chi connectivity index (χ4n) is 4.45. The predicted molar refractivity (Wildman–Crippen MR) is 127 cm³/mol. The van der Waals surface area contributed by atoms with Gasteiger partial charge in [0.25, 0.3) is 0 Å². The summed E-state index contributed by atoms with van der Waals surface area (Å²) in [6, 6.07) is 11.8. The Morgan fingerprint density at radius 3 is 2.43 bits per heavy atom. The van der Waals surface area contributed by atoms with Gasteiger partial charge in [-0.2, -0.15) is 13.2 Å². The lowest BCUT2D eigenvalue weighted by Crippen LogP contribution is -2.43. The minimum atomic E-state index is -4.47. The molecule has 1 aliphatic carbocycles. The number of carbonyl (C=O) groups excluding carboxylic acids is 2. The van der Waals surface area contributed by atoms with Crippen molar-refractivity contribution >= 4 is 34.4 Å². The van der Waals surface area contributed by atoms with Crippen molar-refractivity contribution in [2.45, 2.75) is 44.3 Å². The van der Waals surface area contributed by atoms with Crippen LogP contribution in [-0.4, -0.2) is 52.0 Å². The first-order valence-corrected chi connectivity index (χ1v) is 11.8. The molecule has 2 aromatic heterocycles. The molecule has 0 bridgehead atoms. The third-order valence-corrected chi connectivity index (χ3v) is 6.49. The molecular weight excluding hydrogens is 459 g/mol. The summed E-state index contributed by atoms with van der Waals surface area (Å²) < 4.78 is 37.4. The standard InChI is InChI=1S/C25H26F3N5O2/c26-25(27,28)14-22(34)33-11-8-18(9-12-33)30-17-5-3-15(4-6-17)20-13-21(32-24(35)16-1-2-16)31-23-19(20)7-10-29-23/h3-7,10,13,16,18,30H,1-2,8-9,11-12,14H2,(H2,29,31,32,35). The van der Waals surface area contributed by atoms with Crippen LogP contribution in [0.5, 0.6) is 0 Å². The molecular formula is C25H26F3N5O2. The third kappa shape index (κ3) is 5.58. The second-order valence-electron chi connectivity index (χ2n) is 9.23. The van der Waals surface area contributed by atoms with E-state index in [-0.39, 0.29) is 17.9 Å². The summed E-state index contributed by atoms with van der Waals surface area (Å²) in [4.78, 5) is 32.9. The van der Waals surface area contributed by atoms with E-state index in [0.717, 1.165) is 35.0 Å². The Labute approximate surface area is 200 Å². The molecule has 7 nitrogen and oxygen atoms in total. The molecule has 2 aliphatic rings. The maximum Gasteiger partial charge on any atom is 0.397 e. The highest BCUT2D eigenvalue weighted by atomic mass is 19.4. The van der Waals surface area contributed by atoms with Crippen molar-refractivity contribution in [2.75, 3.05) is 23.7 Å². The number of aromatic nitrogens is 2. The summed E-state index contributed by atoms with van der Waals surface area (Å²) >= 11 is 0. The normalized spacial score (nSPS) is 16.9. The number of halogens is 3.